The summed E-state index contributed by atoms with van der Waals surface area (Å²) in [6.07, 6.45) is 6.98. The highest BCUT2D eigenvalue weighted by Gasteiger charge is 2.22. The predicted molar refractivity (Wildman–Crippen MR) is 52.6 cm³/mol. The quantitative estimate of drug-likeness (QED) is 0.648. The van der Waals surface area contributed by atoms with Gasteiger partial charge in [-0.25, -0.2) is 0 Å². The zero-order valence-corrected chi connectivity index (χ0v) is 8.30. The van der Waals surface area contributed by atoms with Gasteiger partial charge in [0.25, 0.3) is 0 Å². The first-order valence-corrected chi connectivity index (χ1v) is 5.58. The predicted octanol–water partition coefficient (Wildman–Crippen LogP) is 1.84. The van der Waals surface area contributed by atoms with Gasteiger partial charge in [0.1, 0.15) is 5.78 Å². The maximum atomic E-state index is 11.2. The molecule has 0 unspecified atom stereocenters. The molecule has 2 aliphatic rings. The average molecular weight is 181 g/mol. The van der Waals surface area contributed by atoms with Crippen LogP contribution in [0.2, 0.25) is 0 Å². The summed E-state index contributed by atoms with van der Waals surface area (Å²) in [5.41, 5.74) is 0. The van der Waals surface area contributed by atoms with Crippen LogP contribution in [-0.4, -0.2) is 30.3 Å². The number of hydrogen-bond donors (Lipinski definition) is 0. The minimum atomic E-state index is 0.469. The maximum absolute atomic E-state index is 11.2. The lowest BCUT2D eigenvalue weighted by Gasteiger charge is -2.31. The Kier molecular flexibility index (Phi) is 2.99. The SMILES string of the molecule is O=C1CCCN(CC2CCC2)CC1. The van der Waals surface area contributed by atoms with Crippen molar-refractivity contribution in [2.45, 2.75) is 38.5 Å². The van der Waals surface area contributed by atoms with Crippen molar-refractivity contribution in [3.8, 4) is 0 Å². The van der Waals surface area contributed by atoms with Crippen LogP contribution in [0.1, 0.15) is 38.5 Å². The lowest BCUT2D eigenvalue weighted by atomic mass is 9.85. The third-order valence-electron chi connectivity index (χ3n) is 3.38. The van der Waals surface area contributed by atoms with Gasteiger partial charge in [0, 0.05) is 25.9 Å². The molecule has 0 amide bonds. The summed E-state index contributed by atoms with van der Waals surface area (Å²) in [5, 5.41) is 0. The van der Waals surface area contributed by atoms with Crippen molar-refractivity contribution < 1.29 is 4.79 Å². The molecular weight excluding hydrogens is 162 g/mol. The van der Waals surface area contributed by atoms with E-state index in [4.69, 9.17) is 0 Å². The number of rotatable bonds is 2. The smallest absolute Gasteiger partial charge is 0.134 e. The highest BCUT2D eigenvalue weighted by atomic mass is 16.1. The first-order valence-electron chi connectivity index (χ1n) is 5.58. The molecule has 0 radical (unpaired) electrons. The molecule has 2 heteroatoms. The third-order valence-corrected chi connectivity index (χ3v) is 3.38. The van der Waals surface area contributed by atoms with Gasteiger partial charge in [-0.2, -0.15) is 0 Å². The second-order valence-corrected chi connectivity index (χ2v) is 4.49. The zero-order valence-electron chi connectivity index (χ0n) is 8.30. The van der Waals surface area contributed by atoms with E-state index in [1.165, 1.54) is 25.8 Å². The van der Waals surface area contributed by atoms with Crippen LogP contribution in [0.25, 0.3) is 0 Å². The molecule has 0 aromatic rings. The van der Waals surface area contributed by atoms with Crippen molar-refractivity contribution in [3.63, 3.8) is 0 Å². The molecule has 0 N–H and O–H groups in total. The van der Waals surface area contributed by atoms with E-state index >= 15 is 0 Å². The van der Waals surface area contributed by atoms with Crippen molar-refractivity contribution >= 4 is 5.78 Å². The molecule has 0 atom stereocenters. The molecule has 1 aliphatic carbocycles. The third kappa shape index (κ3) is 2.53. The average Bonchev–Trinajstić information content (AvgIpc) is 2.23. The number of nitrogens with zero attached hydrogens (tertiary/aromatic N) is 1. The van der Waals surface area contributed by atoms with Gasteiger partial charge in [0.2, 0.25) is 0 Å². The van der Waals surface area contributed by atoms with Crippen molar-refractivity contribution in [3.05, 3.63) is 0 Å². The van der Waals surface area contributed by atoms with Crippen LogP contribution in [-0.2, 0) is 4.79 Å². The largest absolute Gasteiger partial charge is 0.303 e. The standard InChI is InChI=1S/C11H19NO/c13-11-5-2-7-12(8-6-11)9-10-3-1-4-10/h10H,1-9H2. The molecular formula is C11H19NO. The summed E-state index contributed by atoms with van der Waals surface area (Å²) < 4.78 is 0. The minimum Gasteiger partial charge on any atom is -0.303 e. The highest BCUT2D eigenvalue weighted by molar-refractivity contribution is 5.78. The van der Waals surface area contributed by atoms with Gasteiger partial charge in [0.05, 0.1) is 0 Å². The fourth-order valence-electron chi connectivity index (χ4n) is 2.24. The molecule has 0 aromatic heterocycles. The second kappa shape index (κ2) is 4.23. The molecule has 0 aromatic carbocycles. The molecule has 2 nitrogen and oxygen atoms in total. The van der Waals surface area contributed by atoms with Gasteiger partial charge in [-0.05, 0) is 31.7 Å². The van der Waals surface area contributed by atoms with E-state index in [-0.39, 0.29) is 0 Å². The lowest BCUT2D eigenvalue weighted by Crippen LogP contribution is -2.33. The first kappa shape index (κ1) is 9.20. The van der Waals surface area contributed by atoms with Crippen LogP contribution in [0.5, 0.6) is 0 Å². The van der Waals surface area contributed by atoms with Crippen LogP contribution in [0.3, 0.4) is 0 Å². The Hall–Kier alpha value is -0.370. The number of carbonyl (C=O) groups is 1. The first-order chi connectivity index (χ1) is 6.34. The summed E-state index contributed by atoms with van der Waals surface area (Å²) in [5.74, 6) is 1.42. The van der Waals surface area contributed by atoms with Crippen LogP contribution in [0.4, 0.5) is 0 Å². The summed E-state index contributed by atoms with van der Waals surface area (Å²) in [6, 6.07) is 0. The van der Waals surface area contributed by atoms with E-state index in [2.05, 4.69) is 4.90 Å². The van der Waals surface area contributed by atoms with Crippen LogP contribution in [0, 0.1) is 5.92 Å². The summed E-state index contributed by atoms with van der Waals surface area (Å²) >= 11 is 0. The normalized spacial score (nSPS) is 26.9. The van der Waals surface area contributed by atoms with E-state index in [0.29, 0.717) is 5.78 Å². The summed E-state index contributed by atoms with van der Waals surface area (Å²) in [4.78, 5) is 13.7. The second-order valence-electron chi connectivity index (χ2n) is 4.49. The molecule has 1 saturated heterocycles. The van der Waals surface area contributed by atoms with E-state index in [0.717, 1.165) is 38.3 Å². The Labute approximate surface area is 80.3 Å². The van der Waals surface area contributed by atoms with Gasteiger partial charge in [-0.15, -0.1) is 0 Å². The number of likely N-dealkylation sites (tertiary alicyclic amines) is 1. The van der Waals surface area contributed by atoms with Crippen LogP contribution in [0.15, 0.2) is 0 Å². The van der Waals surface area contributed by atoms with E-state index < -0.39 is 0 Å². The Bertz CT molecular complexity index is 187. The van der Waals surface area contributed by atoms with E-state index in [9.17, 15) is 4.79 Å². The number of Topliss-reactive ketones (excluding diaryl/α,β-unsaturated/α-hetero) is 1. The van der Waals surface area contributed by atoms with Crippen LogP contribution < -0.4 is 0 Å². The molecule has 1 aliphatic heterocycles. The molecule has 2 fully saturated rings. The monoisotopic (exact) mass is 181 g/mol. The molecule has 0 bridgehead atoms. The Morgan fingerprint density at radius 3 is 2.69 bits per heavy atom. The molecule has 1 saturated carbocycles. The summed E-state index contributed by atoms with van der Waals surface area (Å²) in [6.45, 7) is 3.44. The fraction of sp³-hybridized carbons (Fsp3) is 0.909. The Balaban J connectivity index is 1.74. The molecule has 1 heterocycles. The van der Waals surface area contributed by atoms with Crippen molar-refractivity contribution in [1.29, 1.82) is 0 Å². The Morgan fingerprint density at radius 1 is 1.15 bits per heavy atom. The number of ketones is 1. The van der Waals surface area contributed by atoms with Gasteiger partial charge in [-0.3, -0.25) is 4.79 Å². The van der Waals surface area contributed by atoms with E-state index in [1.54, 1.807) is 0 Å². The van der Waals surface area contributed by atoms with Gasteiger partial charge in [-0.1, -0.05) is 6.42 Å². The van der Waals surface area contributed by atoms with E-state index in [1.807, 2.05) is 0 Å². The van der Waals surface area contributed by atoms with Crippen LogP contribution >= 0.6 is 0 Å². The summed E-state index contributed by atoms with van der Waals surface area (Å²) in [7, 11) is 0. The molecule has 13 heavy (non-hydrogen) atoms. The van der Waals surface area contributed by atoms with Gasteiger partial charge < -0.3 is 4.90 Å². The molecule has 2 rings (SSSR count). The number of carbonyl (C=O) groups excluding carboxylic acids is 1. The Morgan fingerprint density at radius 2 is 2.00 bits per heavy atom. The van der Waals surface area contributed by atoms with Crippen molar-refractivity contribution in [2.75, 3.05) is 19.6 Å². The molecule has 74 valence electrons. The topological polar surface area (TPSA) is 20.3 Å². The molecule has 0 spiro atoms. The number of hydrogen-bond acceptors (Lipinski definition) is 2. The zero-order chi connectivity index (χ0) is 9.10. The minimum absolute atomic E-state index is 0.469. The van der Waals surface area contributed by atoms with Crippen molar-refractivity contribution in [1.82, 2.24) is 4.90 Å². The highest BCUT2D eigenvalue weighted by Crippen LogP contribution is 2.27. The maximum Gasteiger partial charge on any atom is 0.134 e. The lowest BCUT2D eigenvalue weighted by molar-refractivity contribution is -0.118. The van der Waals surface area contributed by atoms with Crippen molar-refractivity contribution in [2.24, 2.45) is 5.92 Å². The fourth-order valence-corrected chi connectivity index (χ4v) is 2.24. The van der Waals surface area contributed by atoms with Gasteiger partial charge in [0.15, 0.2) is 0 Å². The van der Waals surface area contributed by atoms with Gasteiger partial charge >= 0.3 is 0 Å².